The smallest absolute Gasteiger partial charge is 0.341 e. The summed E-state index contributed by atoms with van der Waals surface area (Å²) < 4.78 is 6.45. The van der Waals surface area contributed by atoms with Crippen LogP contribution in [0, 0.1) is 6.92 Å². The summed E-state index contributed by atoms with van der Waals surface area (Å²) in [6, 6.07) is 3.55. The Hall–Kier alpha value is -1.91. The number of carbonyl (C=O) groups is 1. The van der Waals surface area contributed by atoms with E-state index in [9.17, 15) is 4.79 Å². The zero-order valence-corrected chi connectivity index (χ0v) is 11.3. The number of aryl methyl sites for hydroxylation is 1. The number of methoxy groups -OCH3 is 1. The van der Waals surface area contributed by atoms with Gasteiger partial charge in [-0.05, 0) is 19.1 Å². The first-order valence-corrected chi connectivity index (χ1v) is 5.80. The first-order chi connectivity index (χ1) is 8.34. The first kappa shape index (κ1) is 12.5. The molecule has 0 spiro atoms. The molecule has 0 fully saturated rings. The molecule has 0 amide bonds. The van der Waals surface area contributed by atoms with Crippen molar-refractivity contribution in [3.05, 3.63) is 29.2 Å². The lowest BCUT2D eigenvalue weighted by molar-refractivity contribution is 0.0602. The number of esters is 1. The highest BCUT2D eigenvalue weighted by Crippen LogP contribution is 2.21. The van der Waals surface area contributed by atoms with Crippen molar-refractivity contribution in [1.82, 2.24) is 14.6 Å². The largest absolute Gasteiger partial charge is 0.465 e. The number of nitrogens with zero attached hydrogens (tertiary/aromatic N) is 3. The van der Waals surface area contributed by atoms with Crippen molar-refractivity contribution in [2.75, 3.05) is 7.11 Å². The molecule has 0 aliphatic carbocycles. The summed E-state index contributed by atoms with van der Waals surface area (Å²) in [6.07, 6.45) is 0. The maximum atomic E-state index is 11.7. The first-order valence-electron chi connectivity index (χ1n) is 5.80. The molecule has 0 radical (unpaired) electrons. The fourth-order valence-corrected chi connectivity index (χ4v) is 1.67. The average Bonchev–Trinajstić information content (AvgIpc) is 2.74. The second-order valence-electron chi connectivity index (χ2n) is 5.30. The number of carbonyl (C=O) groups excluding carboxylic acids is 1. The lowest BCUT2D eigenvalue weighted by atomic mass is 9.96. The molecule has 0 saturated carbocycles. The van der Waals surface area contributed by atoms with Gasteiger partial charge in [0.25, 0.3) is 0 Å². The third-order valence-electron chi connectivity index (χ3n) is 2.75. The van der Waals surface area contributed by atoms with Crippen LogP contribution in [0.4, 0.5) is 0 Å². The van der Waals surface area contributed by atoms with Crippen molar-refractivity contribution in [2.45, 2.75) is 33.1 Å². The van der Waals surface area contributed by atoms with Gasteiger partial charge in [0.15, 0.2) is 11.5 Å². The molecule has 0 atom stereocenters. The third kappa shape index (κ3) is 1.96. The van der Waals surface area contributed by atoms with E-state index >= 15 is 0 Å². The van der Waals surface area contributed by atoms with E-state index in [4.69, 9.17) is 4.74 Å². The Bertz CT molecular complexity index is 608. The van der Waals surface area contributed by atoms with Gasteiger partial charge in [-0.2, -0.15) is 5.10 Å². The van der Waals surface area contributed by atoms with E-state index in [-0.39, 0.29) is 5.41 Å². The molecule has 0 unspecified atom stereocenters. The standard InChI is InChI=1S/C13H17N3O2/c1-8-6-7-9(11(17)18-5)10-14-12(13(2,3)4)15-16(8)10/h6-7H,1-5H3. The van der Waals surface area contributed by atoms with Gasteiger partial charge < -0.3 is 4.74 Å². The topological polar surface area (TPSA) is 56.5 Å². The van der Waals surface area contributed by atoms with Gasteiger partial charge in [0.05, 0.1) is 7.11 Å². The summed E-state index contributed by atoms with van der Waals surface area (Å²) in [7, 11) is 1.36. The van der Waals surface area contributed by atoms with E-state index in [1.54, 1.807) is 10.6 Å². The van der Waals surface area contributed by atoms with Crippen LogP contribution in [0.15, 0.2) is 12.1 Å². The van der Waals surface area contributed by atoms with Crippen molar-refractivity contribution >= 4 is 11.6 Å². The minimum atomic E-state index is -0.396. The molecule has 0 aliphatic rings. The third-order valence-corrected chi connectivity index (χ3v) is 2.75. The van der Waals surface area contributed by atoms with E-state index in [1.807, 2.05) is 33.8 Å². The van der Waals surface area contributed by atoms with Gasteiger partial charge in [-0.15, -0.1) is 0 Å². The lowest BCUT2D eigenvalue weighted by Gasteiger charge is -2.11. The molecule has 2 heterocycles. The van der Waals surface area contributed by atoms with Gasteiger partial charge in [0.2, 0.25) is 0 Å². The molecule has 18 heavy (non-hydrogen) atoms. The van der Waals surface area contributed by atoms with Crippen LogP contribution >= 0.6 is 0 Å². The molecule has 2 aromatic rings. The summed E-state index contributed by atoms with van der Waals surface area (Å²) in [5.74, 6) is 0.315. The van der Waals surface area contributed by atoms with Crippen LogP contribution in [0.2, 0.25) is 0 Å². The fourth-order valence-electron chi connectivity index (χ4n) is 1.67. The summed E-state index contributed by atoms with van der Waals surface area (Å²) in [5, 5.41) is 4.46. The van der Waals surface area contributed by atoms with Crippen LogP contribution in [0.3, 0.4) is 0 Å². The number of rotatable bonds is 1. The molecular formula is C13H17N3O2. The van der Waals surface area contributed by atoms with Crippen LogP contribution in [-0.4, -0.2) is 27.7 Å². The van der Waals surface area contributed by atoms with Gasteiger partial charge in [-0.1, -0.05) is 20.8 Å². The van der Waals surface area contributed by atoms with Crippen LogP contribution < -0.4 is 0 Å². The van der Waals surface area contributed by atoms with E-state index in [0.29, 0.717) is 17.0 Å². The molecule has 2 rings (SSSR count). The van der Waals surface area contributed by atoms with Crippen molar-refractivity contribution < 1.29 is 9.53 Å². The zero-order chi connectivity index (χ0) is 13.5. The van der Waals surface area contributed by atoms with E-state index in [1.165, 1.54) is 7.11 Å². The molecule has 96 valence electrons. The molecular weight excluding hydrogens is 230 g/mol. The SMILES string of the molecule is COC(=O)c1ccc(C)n2nc(C(C)(C)C)nc12. The minimum absolute atomic E-state index is 0.161. The van der Waals surface area contributed by atoms with E-state index in [0.717, 1.165) is 5.69 Å². The molecule has 2 aromatic heterocycles. The molecule has 0 aromatic carbocycles. The quantitative estimate of drug-likeness (QED) is 0.724. The highest BCUT2D eigenvalue weighted by Gasteiger charge is 2.23. The van der Waals surface area contributed by atoms with Crippen LogP contribution in [0.25, 0.3) is 5.65 Å². The Kier molecular flexibility index (Phi) is 2.84. The highest BCUT2D eigenvalue weighted by molar-refractivity contribution is 5.95. The van der Waals surface area contributed by atoms with Gasteiger partial charge in [0.1, 0.15) is 5.56 Å². The predicted molar refractivity (Wildman–Crippen MR) is 67.8 cm³/mol. The van der Waals surface area contributed by atoms with Gasteiger partial charge >= 0.3 is 5.97 Å². The average molecular weight is 247 g/mol. The second kappa shape index (κ2) is 4.08. The summed E-state index contributed by atoms with van der Waals surface area (Å²) in [5.41, 5.74) is 1.75. The Labute approximate surface area is 106 Å². The van der Waals surface area contributed by atoms with Gasteiger partial charge in [-0.25, -0.2) is 14.3 Å². The number of hydrogen-bond donors (Lipinski definition) is 0. The number of ether oxygens (including phenoxy) is 1. The van der Waals surface area contributed by atoms with E-state index in [2.05, 4.69) is 10.1 Å². The summed E-state index contributed by atoms with van der Waals surface area (Å²) >= 11 is 0. The molecule has 0 saturated heterocycles. The van der Waals surface area contributed by atoms with Crippen LogP contribution in [-0.2, 0) is 10.2 Å². The maximum absolute atomic E-state index is 11.7. The second-order valence-corrected chi connectivity index (χ2v) is 5.30. The van der Waals surface area contributed by atoms with Crippen molar-refractivity contribution in [2.24, 2.45) is 0 Å². The van der Waals surface area contributed by atoms with Crippen LogP contribution in [0.5, 0.6) is 0 Å². The molecule has 0 aliphatic heterocycles. The number of aromatic nitrogens is 3. The number of fused-ring (bicyclic) bond motifs is 1. The Balaban J connectivity index is 2.73. The monoisotopic (exact) mass is 247 g/mol. The minimum Gasteiger partial charge on any atom is -0.465 e. The van der Waals surface area contributed by atoms with Gasteiger partial charge in [0, 0.05) is 11.1 Å². The fraction of sp³-hybridized carbons (Fsp3) is 0.462. The van der Waals surface area contributed by atoms with Crippen molar-refractivity contribution in [1.29, 1.82) is 0 Å². The molecule has 0 N–H and O–H groups in total. The van der Waals surface area contributed by atoms with Crippen LogP contribution in [0.1, 0.15) is 42.6 Å². The lowest BCUT2D eigenvalue weighted by Crippen LogP contribution is -2.13. The van der Waals surface area contributed by atoms with Crippen molar-refractivity contribution in [3.8, 4) is 0 Å². The number of hydrogen-bond acceptors (Lipinski definition) is 4. The Morgan fingerprint density at radius 2 is 2.00 bits per heavy atom. The molecule has 5 nitrogen and oxygen atoms in total. The number of pyridine rings is 1. The van der Waals surface area contributed by atoms with E-state index < -0.39 is 5.97 Å². The summed E-state index contributed by atoms with van der Waals surface area (Å²) in [4.78, 5) is 16.2. The van der Waals surface area contributed by atoms with Crippen molar-refractivity contribution in [3.63, 3.8) is 0 Å². The maximum Gasteiger partial charge on any atom is 0.341 e. The Morgan fingerprint density at radius 1 is 1.33 bits per heavy atom. The molecule has 0 bridgehead atoms. The zero-order valence-electron chi connectivity index (χ0n) is 11.3. The molecule has 5 heteroatoms. The Morgan fingerprint density at radius 3 is 2.56 bits per heavy atom. The summed E-state index contributed by atoms with van der Waals surface area (Å²) in [6.45, 7) is 8.04. The highest BCUT2D eigenvalue weighted by atomic mass is 16.5. The predicted octanol–water partition coefficient (Wildman–Crippen LogP) is 2.12. The van der Waals surface area contributed by atoms with Gasteiger partial charge in [-0.3, -0.25) is 0 Å². The normalized spacial score (nSPS) is 11.8.